The van der Waals surface area contributed by atoms with Crippen LogP contribution >= 0.6 is 0 Å². The second-order valence-corrected chi connectivity index (χ2v) is 6.64. The van der Waals surface area contributed by atoms with Crippen molar-refractivity contribution in [1.82, 2.24) is 4.90 Å². The Morgan fingerprint density at radius 2 is 1.68 bits per heavy atom. The number of rotatable bonds is 1. The lowest BCUT2D eigenvalue weighted by Gasteiger charge is -2.14. The molecule has 0 spiro atoms. The number of fused-ring (bicyclic) bond motifs is 5. The Balaban J connectivity index is 0.00000157. The molecule has 0 aliphatic carbocycles. The molecule has 1 unspecified atom stereocenters. The molecule has 1 aliphatic heterocycles. The molecule has 1 aromatic heterocycles. The van der Waals surface area contributed by atoms with E-state index in [4.69, 9.17) is 4.42 Å². The SMILES string of the molecule is Cc1c([NH+]2C=CN(C)C2)ccc2c1oc1c3ccccc3ccc21.[I-]. The number of quaternary nitrogens is 1. The molecule has 1 aliphatic rings. The maximum Gasteiger partial charge on any atom is 0.161 e. The van der Waals surface area contributed by atoms with Crippen LogP contribution in [0.5, 0.6) is 0 Å². The number of nitrogens with one attached hydrogen (secondary N) is 1. The van der Waals surface area contributed by atoms with E-state index in [1.54, 1.807) is 0 Å². The van der Waals surface area contributed by atoms with E-state index < -0.39 is 0 Å². The van der Waals surface area contributed by atoms with Crippen LogP contribution in [0.25, 0.3) is 32.7 Å². The first-order chi connectivity index (χ1) is 11.7. The summed E-state index contributed by atoms with van der Waals surface area (Å²) < 4.78 is 6.37. The Kier molecular flexibility index (Phi) is 3.96. The summed E-state index contributed by atoms with van der Waals surface area (Å²) in [6, 6.07) is 17.2. The zero-order valence-corrected chi connectivity index (χ0v) is 16.4. The van der Waals surface area contributed by atoms with Crippen molar-refractivity contribution in [1.29, 1.82) is 0 Å². The predicted octanol–water partition coefficient (Wildman–Crippen LogP) is 0.942. The lowest BCUT2D eigenvalue weighted by atomic mass is 10.0. The molecule has 0 radical (unpaired) electrons. The number of furan rings is 1. The molecule has 3 aromatic carbocycles. The molecular weight excluding hydrogens is 423 g/mol. The smallest absolute Gasteiger partial charge is 0.161 e. The van der Waals surface area contributed by atoms with Crippen molar-refractivity contribution in [2.45, 2.75) is 6.92 Å². The third-order valence-corrected chi connectivity index (χ3v) is 5.08. The van der Waals surface area contributed by atoms with Gasteiger partial charge in [-0.05, 0) is 24.4 Å². The second-order valence-electron chi connectivity index (χ2n) is 6.64. The van der Waals surface area contributed by atoms with Crippen molar-refractivity contribution >= 4 is 38.4 Å². The first kappa shape index (κ1) is 16.4. The first-order valence-corrected chi connectivity index (χ1v) is 8.30. The van der Waals surface area contributed by atoms with Crippen LogP contribution in [0.2, 0.25) is 0 Å². The van der Waals surface area contributed by atoms with Gasteiger partial charge in [-0.1, -0.05) is 30.3 Å². The summed E-state index contributed by atoms with van der Waals surface area (Å²) >= 11 is 0. The van der Waals surface area contributed by atoms with E-state index in [9.17, 15) is 0 Å². The number of hydrogen-bond donors (Lipinski definition) is 1. The van der Waals surface area contributed by atoms with Gasteiger partial charge in [0.1, 0.15) is 23.1 Å². The van der Waals surface area contributed by atoms with E-state index in [-0.39, 0.29) is 24.0 Å². The fraction of sp³-hybridized carbons (Fsp3) is 0.143. The summed E-state index contributed by atoms with van der Waals surface area (Å²) in [4.78, 5) is 3.55. The second kappa shape index (κ2) is 6.04. The molecule has 2 heterocycles. The summed E-state index contributed by atoms with van der Waals surface area (Å²) in [6.45, 7) is 3.12. The summed E-state index contributed by atoms with van der Waals surface area (Å²) in [6.07, 6.45) is 4.33. The highest BCUT2D eigenvalue weighted by Crippen LogP contribution is 2.36. The number of benzene rings is 3. The Morgan fingerprint density at radius 3 is 2.48 bits per heavy atom. The van der Waals surface area contributed by atoms with Crippen LogP contribution in [0, 0.1) is 6.92 Å². The van der Waals surface area contributed by atoms with Crippen molar-refractivity contribution in [3.8, 4) is 0 Å². The molecule has 3 nitrogen and oxygen atoms in total. The van der Waals surface area contributed by atoms with Gasteiger partial charge in [0.05, 0.1) is 11.8 Å². The van der Waals surface area contributed by atoms with E-state index in [0.29, 0.717) is 0 Å². The van der Waals surface area contributed by atoms with Crippen LogP contribution in [-0.2, 0) is 0 Å². The van der Waals surface area contributed by atoms with Crippen molar-refractivity contribution < 1.29 is 33.3 Å². The molecular formula is C21H19IN2O. The quantitative estimate of drug-likeness (QED) is 0.444. The first-order valence-electron chi connectivity index (χ1n) is 8.30. The molecule has 5 rings (SSSR count). The molecule has 0 bridgehead atoms. The van der Waals surface area contributed by atoms with Crippen LogP contribution in [0.3, 0.4) is 0 Å². The topological polar surface area (TPSA) is 20.8 Å². The van der Waals surface area contributed by atoms with Gasteiger partial charge in [-0.25, -0.2) is 0 Å². The number of hydrogen-bond acceptors (Lipinski definition) is 2. The van der Waals surface area contributed by atoms with Crippen molar-refractivity contribution in [2.24, 2.45) is 0 Å². The fourth-order valence-corrected chi connectivity index (χ4v) is 3.82. The van der Waals surface area contributed by atoms with Crippen molar-refractivity contribution in [3.63, 3.8) is 0 Å². The van der Waals surface area contributed by atoms with Gasteiger partial charge in [-0.2, -0.15) is 0 Å². The Bertz CT molecular complexity index is 1130. The highest BCUT2D eigenvalue weighted by Gasteiger charge is 2.22. The Hall–Kier alpha value is -2.05. The predicted molar refractivity (Wildman–Crippen MR) is 98.4 cm³/mol. The van der Waals surface area contributed by atoms with E-state index in [2.05, 4.69) is 79.8 Å². The highest BCUT2D eigenvalue weighted by molar-refractivity contribution is 6.15. The maximum absolute atomic E-state index is 6.37. The molecule has 0 amide bonds. The van der Waals surface area contributed by atoms with E-state index in [1.165, 1.54) is 37.7 Å². The van der Waals surface area contributed by atoms with Gasteiger partial charge < -0.3 is 33.3 Å². The van der Waals surface area contributed by atoms with E-state index in [0.717, 1.165) is 17.8 Å². The average Bonchev–Trinajstić information content (AvgIpc) is 3.19. The van der Waals surface area contributed by atoms with Crippen molar-refractivity contribution in [2.75, 3.05) is 13.7 Å². The molecule has 0 saturated carbocycles. The van der Waals surface area contributed by atoms with Crippen LogP contribution in [0.4, 0.5) is 5.69 Å². The van der Waals surface area contributed by atoms with Crippen LogP contribution in [0.15, 0.2) is 65.3 Å². The summed E-state index contributed by atoms with van der Waals surface area (Å²) in [7, 11) is 2.10. The van der Waals surface area contributed by atoms with Gasteiger partial charge >= 0.3 is 0 Å². The molecule has 4 heteroatoms. The number of halogens is 1. The summed E-state index contributed by atoms with van der Waals surface area (Å²) in [5, 5.41) is 4.80. The third-order valence-electron chi connectivity index (χ3n) is 5.08. The zero-order chi connectivity index (χ0) is 16.3. The monoisotopic (exact) mass is 442 g/mol. The highest BCUT2D eigenvalue weighted by atomic mass is 127. The minimum absolute atomic E-state index is 0. The molecule has 0 saturated heterocycles. The molecule has 4 aromatic rings. The van der Waals surface area contributed by atoms with Gasteiger partial charge in [-0.3, -0.25) is 4.90 Å². The molecule has 126 valence electrons. The molecule has 1 atom stereocenters. The van der Waals surface area contributed by atoms with Crippen LogP contribution in [-0.4, -0.2) is 18.6 Å². The normalized spacial score (nSPS) is 16.9. The molecule has 0 fully saturated rings. The average molecular weight is 442 g/mol. The van der Waals surface area contributed by atoms with E-state index >= 15 is 0 Å². The van der Waals surface area contributed by atoms with Gasteiger partial charge in [0.25, 0.3) is 0 Å². The minimum atomic E-state index is 0. The lowest BCUT2D eigenvalue weighted by Crippen LogP contribution is -3.02. The fourth-order valence-electron chi connectivity index (χ4n) is 3.82. The van der Waals surface area contributed by atoms with Crippen molar-refractivity contribution in [3.05, 3.63) is 66.5 Å². The number of nitrogens with zero attached hydrogens (tertiary/aromatic N) is 1. The van der Waals surface area contributed by atoms with E-state index in [1.807, 2.05) is 0 Å². The minimum Gasteiger partial charge on any atom is -1.00 e. The maximum atomic E-state index is 6.37. The summed E-state index contributed by atoms with van der Waals surface area (Å²) in [5.74, 6) is 0. The Morgan fingerprint density at radius 1 is 0.920 bits per heavy atom. The third kappa shape index (κ3) is 2.43. The zero-order valence-electron chi connectivity index (χ0n) is 14.2. The van der Waals surface area contributed by atoms with Crippen LogP contribution < -0.4 is 28.9 Å². The van der Waals surface area contributed by atoms with Gasteiger partial charge in [-0.15, -0.1) is 0 Å². The summed E-state index contributed by atoms with van der Waals surface area (Å²) in [5.41, 5.74) is 4.51. The molecule has 25 heavy (non-hydrogen) atoms. The number of aryl methyl sites for hydroxylation is 1. The van der Waals surface area contributed by atoms with Gasteiger partial charge in [0, 0.05) is 29.3 Å². The van der Waals surface area contributed by atoms with Crippen LogP contribution in [0.1, 0.15) is 5.56 Å². The molecule has 1 N–H and O–H groups in total. The largest absolute Gasteiger partial charge is 1.00 e. The van der Waals surface area contributed by atoms with Gasteiger partial charge in [0.15, 0.2) is 6.67 Å². The Labute approximate surface area is 163 Å². The standard InChI is InChI=1S/C21H18N2O.HI/c1-14-19(23-12-11-22(2)13-23)10-9-17-18-8-7-15-5-3-4-6-16(15)21(18)24-20(14)17;/h3-12H,13H2,1-2H3;1H. The lowest BCUT2D eigenvalue weighted by molar-refractivity contribution is -0.777. The van der Waals surface area contributed by atoms with Gasteiger partial charge in [0.2, 0.25) is 0 Å².